The molecule has 0 bridgehead atoms. The van der Waals surface area contributed by atoms with Gasteiger partial charge < -0.3 is 19.1 Å². The summed E-state index contributed by atoms with van der Waals surface area (Å²) in [7, 11) is -1.81. The molecular formula is C21H32N2O5S. The first-order valence-corrected chi connectivity index (χ1v) is 12.1. The third kappa shape index (κ3) is 4.55. The molecule has 0 aromatic heterocycles. The zero-order valence-corrected chi connectivity index (χ0v) is 18.1. The summed E-state index contributed by atoms with van der Waals surface area (Å²) in [5, 5.41) is 0. The molecular weight excluding hydrogens is 392 g/mol. The lowest BCUT2D eigenvalue weighted by Crippen LogP contribution is -2.53. The van der Waals surface area contributed by atoms with E-state index in [1.54, 1.807) is 29.6 Å². The Morgan fingerprint density at radius 3 is 2.62 bits per heavy atom. The van der Waals surface area contributed by atoms with Gasteiger partial charge in [0.2, 0.25) is 10.0 Å². The monoisotopic (exact) mass is 424 g/mol. The number of hydrogen-bond acceptors (Lipinski definition) is 6. The fraction of sp³-hybridized carbons (Fsp3) is 0.714. The minimum absolute atomic E-state index is 0.0600. The van der Waals surface area contributed by atoms with Crippen molar-refractivity contribution >= 4 is 10.0 Å². The second-order valence-corrected chi connectivity index (χ2v) is 10.4. The van der Waals surface area contributed by atoms with Crippen molar-refractivity contribution in [2.24, 2.45) is 5.41 Å². The molecule has 0 amide bonds. The van der Waals surface area contributed by atoms with Crippen LogP contribution in [0.2, 0.25) is 0 Å². The highest BCUT2D eigenvalue weighted by atomic mass is 32.2. The van der Waals surface area contributed by atoms with E-state index in [-0.39, 0.29) is 5.41 Å². The predicted octanol–water partition coefficient (Wildman–Crippen LogP) is 2.36. The van der Waals surface area contributed by atoms with Gasteiger partial charge in [-0.05, 0) is 56.2 Å². The van der Waals surface area contributed by atoms with Crippen LogP contribution in [0, 0.1) is 5.41 Å². The minimum atomic E-state index is -3.55. The molecule has 4 rings (SSSR count). The Bertz CT molecular complexity index is 811. The zero-order valence-electron chi connectivity index (χ0n) is 17.3. The molecule has 1 unspecified atom stereocenters. The van der Waals surface area contributed by atoms with Gasteiger partial charge in [-0.2, -0.15) is 4.31 Å². The van der Waals surface area contributed by atoms with Gasteiger partial charge in [-0.3, -0.25) is 0 Å². The highest BCUT2D eigenvalue weighted by Gasteiger charge is 2.42. The summed E-state index contributed by atoms with van der Waals surface area (Å²) in [5.74, 6) is 1.13. The van der Waals surface area contributed by atoms with Gasteiger partial charge in [0.05, 0.1) is 4.90 Å². The molecule has 3 aliphatic heterocycles. The number of benzene rings is 1. The van der Waals surface area contributed by atoms with E-state index in [0.29, 0.717) is 42.7 Å². The fourth-order valence-corrected chi connectivity index (χ4v) is 6.57. The van der Waals surface area contributed by atoms with Crippen LogP contribution in [0.15, 0.2) is 23.1 Å². The quantitative estimate of drug-likeness (QED) is 0.653. The molecule has 0 aliphatic carbocycles. The van der Waals surface area contributed by atoms with E-state index in [0.717, 1.165) is 58.3 Å². The number of rotatable bonds is 6. The lowest BCUT2D eigenvalue weighted by atomic mass is 9.74. The summed E-state index contributed by atoms with van der Waals surface area (Å²) in [5.41, 5.74) is 0.0600. The largest absolute Gasteiger partial charge is 0.486 e. The van der Waals surface area contributed by atoms with Crippen LogP contribution in [-0.2, 0) is 14.8 Å². The van der Waals surface area contributed by atoms with Gasteiger partial charge in [0, 0.05) is 46.0 Å². The van der Waals surface area contributed by atoms with Gasteiger partial charge in [-0.1, -0.05) is 0 Å². The number of sulfonamides is 1. The number of fused-ring (bicyclic) bond motifs is 1. The van der Waals surface area contributed by atoms with Gasteiger partial charge in [0.1, 0.15) is 13.2 Å². The van der Waals surface area contributed by atoms with E-state index in [1.807, 2.05) is 0 Å². The summed E-state index contributed by atoms with van der Waals surface area (Å²) in [6.45, 7) is 5.99. The molecule has 0 saturated carbocycles. The molecule has 0 radical (unpaired) electrons. The molecule has 2 saturated heterocycles. The van der Waals surface area contributed by atoms with Crippen LogP contribution in [0.25, 0.3) is 0 Å². The van der Waals surface area contributed by atoms with Crippen molar-refractivity contribution in [2.45, 2.75) is 37.0 Å². The van der Waals surface area contributed by atoms with Gasteiger partial charge in [-0.15, -0.1) is 0 Å². The molecule has 2 fully saturated rings. The molecule has 3 heterocycles. The van der Waals surface area contributed by atoms with Crippen LogP contribution < -0.4 is 9.47 Å². The number of hydrogen-bond donors (Lipinski definition) is 0. The van der Waals surface area contributed by atoms with Crippen LogP contribution in [0.5, 0.6) is 11.5 Å². The molecule has 29 heavy (non-hydrogen) atoms. The summed E-state index contributed by atoms with van der Waals surface area (Å²) in [6.07, 6.45) is 5.26. The van der Waals surface area contributed by atoms with Crippen LogP contribution in [-0.4, -0.2) is 77.3 Å². The number of ether oxygens (including phenoxy) is 3. The third-order valence-electron chi connectivity index (χ3n) is 6.34. The Kier molecular flexibility index (Phi) is 6.34. The maximum absolute atomic E-state index is 13.4. The molecule has 162 valence electrons. The Labute approximate surface area is 174 Å². The average Bonchev–Trinajstić information content (AvgIpc) is 2.74. The van der Waals surface area contributed by atoms with Gasteiger partial charge in [0.15, 0.2) is 11.5 Å². The van der Waals surface area contributed by atoms with Crippen molar-refractivity contribution in [2.75, 3.05) is 59.7 Å². The summed E-state index contributed by atoms with van der Waals surface area (Å²) in [6, 6.07) is 4.96. The average molecular weight is 425 g/mol. The Morgan fingerprint density at radius 2 is 1.83 bits per heavy atom. The summed E-state index contributed by atoms with van der Waals surface area (Å²) in [4.78, 5) is 2.79. The molecule has 7 nitrogen and oxygen atoms in total. The zero-order chi connectivity index (χ0) is 20.3. The van der Waals surface area contributed by atoms with Crippen molar-refractivity contribution < 1.29 is 22.6 Å². The molecule has 3 aliphatic rings. The summed E-state index contributed by atoms with van der Waals surface area (Å²) < 4.78 is 44.8. The third-order valence-corrected chi connectivity index (χ3v) is 8.18. The second-order valence-electron chi connectivity index (χ2n) is 8.47. The number of piperidine rings is 2. The van der Waals surface area contributed by atoms with Crippen molar-refractivity contribution in [3.05, 3.63) is 18.2 Å². The Balaban J connectivity index is 1.48. The topological polar surface area (TPSA) is 68.3 Å². The van der Waals surface area contributed by atoms with E-state index in [4.69, 9.17) is 14.2 Å². The maximum Gasteiger partial charge on any atom is 0.243 e. The van der Waals surface area contributed by atoms with Crippen molar-refractivity contribution in [3.63, 3.8) is 0 Å². The van der Waals surface area contributed by atoms with E-state index >= 15 is 0 Å². The second kappa shape index (κ2) is 8.79. The lowest BCUT2D eigenvalue weighted by molar-refractivity contribution is 0.0360. The van der Waals surface area contributed by atoms with Crippen LogP contribution in [0.1, 0.15) is 32.1 Å². The van der Waals surface area contributed by atoms with Crippen molar-refractivity contribution in [1.29, 1.82) is 0 Å². The smallest absolute Gasteiger partial charge is 0.243 e. The Hall–Kier alpha value is -1.35. The van der Waals surface area contributed by atoms with Gasteiger partial charge >= 0.3 is 0 Å². The fourth-order valence-electron chi connectivity index (χ4n) is 4.97. The number of nitrogens with zero attached hydrogens (tertiary/aromatic N) is 2. The van der Waals surface area contributed by atoms with Crippen molar-refractivity contribution in [3.8, 4) is 11.5 Å². The van der Waals surface area contributed by atoms with Crippen molar-refractivity contribution in [1.82, 2.24) is 9.21 Å². The number of methoxy groups -OCH3 is 1. The number of likely N-dealkylation sites (tertiary alicyclic amines) is 1. The normalized spacial score (nSPS) is 26.0. The first-order valence-electron chi connectivity index (χ1n) is 10.6. The van der Waals surface area contributed by atoms with E-state index in [1.165, 1.54) is 0 Å². The minimum Gasteiger partial charge on any atom is -0.486 e. The lowest BCUT2D eigenvalue weighted by Gasteiger charge is -2.48. The van der Waals surface area contributed by atoms with E-state index < -0.39 is 10.0 Å². The first kappa shape index (κ1) is 20.9. The van der Waals surface area contributed by atoms with Gasteiger partial charge in [-0.25, -0.2) is 8.42 Å². The van der Waals surface area contributed by atoms with Crippen LogP contribution >= 0.6 is 0 Å². The molecule has 1 spiro atoms. The molecule has 1 aromatic rings. The molecule has 1 aromatic carbocycles. The molecule has 0 N–H and O–H groups in total. The predicted molar refractivity (Wildman–Crippen MR) is 110 cm³/mol. The van der Waals surface area contributed by atoms with E-state index in [2.05, 4.69) is 4.90 Å². The molecule has 8 heteroatoms. The summed E-state index contributed by atoms with van der Waals surface area (Å²) >= 11 is 0. The standard InChI is InChI=1S/C21H32N2O5S/c1-26-12-4-10-22-9-2-7-21(16-22)8-3-11-23(17-21)29(24,25)18-5-6-19-20(15-18)28-14-13-27-19/h5-6,15H,2-4,7-14,16-17H2,1H3. The first-order chi connectivity index (χ1) is 14.0. The van der Waals surface area contributed by atoms with E-state index in [9.17, 15) is 8.42 Å². The highest BCUT2D eigenvalue weighted by molar-refractivity contribution is 7.89. The maximum atomic E-state index is 13.4. The van der Waals surface area contributed by atoms with Crippen LogP contribution in [0.3, 0.4) is 0 Å². The molecule has 1 atom stereocenters. The Morgan fingerprint density at radius 1 is 1.07 bits per heavy atom. The highest BCUT2D eigenvalue weighted by Crippen LogP contribution is 2.41. The SMILES string of the molecule is COCCCN1CCCC2(CCCN(S(=O)(=O)c3ccc4c(c3)OCCO4)C2)C1. The van der Waals surface area contributed by atoms with Gasteiger partial charge in [0.25, 0.3) is 0 Å². The van der Waals surface area contributed by atoms with Crippen LogP contribution in [0.4, 0.5) is 0 Å².